The molecule has 1 nitrogen and oxygen atoms in total. The molecule has 1 aromatic carbocycles. The van der Waals surface area contributed by atoms with Gasteiger partial charge in [0.2, 0.25) is 0 Å². The average Bonchev–Trinajstić information content (AvgIpc) is 2.34. The summed E-state index contributed by atoms with van der Waals surface area (Å²) < 4.78 is 13.0. The van der Waals surface area contributed by atoms with Crippen molar-refractivity contribution >= 4 is 0 Å². The van der Waals surface area contributed by atoms with Crippen molar-refractivity contribution in [2.45, 2.75) is 18.9 Å². The second-order valence-corrected chi connectivity index (χ2v) is 2.87. The lowest BCUT2D eigenvalue weighted by atomic mass is 10.1. The predicted molar refractivity (Wildman–Crippen MR) is 39.7 cm³/mol. The average molecular weight is 152 g/mol. The monoisotopic (exact) mass is 152 g/mol. The zero-order chi connectivity index (χ0) is 7.84. The zero-order valence-corrected chi connectivity index (χ0v) is 6.05. The van der Waals surface area contributed by atoms with E-state index < -0.39 is 6.10 Å². The Morgan fingerprint density at radius 2 is 2.27 bits per heavy atom. The third-order valence-electron chi connectivity index (χ3n) is 2.16. The van der Waals surface area contributed by atoms with Crippen LogP contribution < -0.4 is 0 Å². The summed E-state index contributed by atoms with van der Waals surface area (Å²) in [6, 6.07) is 4.95. The topological polar surface area (TPSA) is 20.2 Å². The molecule has 0 saturated heterocycles. The Morgan fingerprint density at radius 3 is 3.00 bits per heavy atom. The van der Waals surface area contributed by atoms with E-state index in [1.165, 1.54) is 6.07 Å². The molecule has 0 aromatic heterocycles. The van der Waals surface area contributed by atoms with E-state index in [4.69, 9.17) is 0 Å². The Bertz CT molecular complexity index is 283. The minimum Gasteiger partial charge on any atom is -0.388 e. The molecule has 2 heteroatoms. The lowest BCUT2D eigenvalue weighted by molar-refractivity contribution is 0.176. The molecular formula is C9H9FO. The van der Waals surface area contributed by atoms with Crippen LogP contribution in [0.3, 0.4) is 0 Å². The van der Waals surface area contributed by atoms with Crippen molar-refractivity contribution in [3.8, 4) is 0 Å². The normalized spacial score (nSPS) is 21.8. The van der Waals surface area contributed by atoms with Crippen LogP contribution >= 0.6 is 0 Å². The Hall–Kier alpha value is -0.890. The number of hydrogen-bond donors (Lipinski definition) is 1. The van der Waals surface area contributed by atoms with Gasteiger partial charge >= 0.3 is 0 Å². The summed E-state index contributed by atoms with van der Waals surface area (Å²) in [6.45, 7) is 0. The van der Waals surface area contributed by atoms with Crippen molar-refractivity contribution in [2.24, 2.45) is 0 Å². The summed E-state index contributed by atoms with van der Waals surface area (Å²) in [5.74, 6) is -0.271. The summed E-state index contributed by atoms with van der Waals surface area (Å²) in [6.07, 6.45) is 0.885. The minimum atomic E-state index is -0.578. The van der Waals surface area contributed by atoms with E-state index in [1.807, 2.05) is 6.07 Å². The Morgan fingerprint density at radius 1 is 1.45 bits per heavy atom. The van der Waals surface area contributed by atoms with Gasteiger partial charge in [-0.1, -0.05) is 12.1 Å². The number of benzene rings is 1. The molecule has 1 aliphatic carbocycles. The largest absolute Gasteiger partial charge is 0.388 e. The summed E-state index contributed by atoms with van der Waals surface area (Å²) in [5, 5.41) is 9.32. The van der Waals surface area contributed by atoms with E-state index >= 15 is 0 Å². The molecule has 0 amide bonds. The summed E-state index contributed by atoms with van der Waals surface area (Å²) in [5.41, 5.74) is 1.46. The van der Waals surface area contributed by atoms with Crippen molar-refractivity contribution in [1.29, 1.82) is 0 Å². The number of hydrogen-bond acceptors (Lipinski definition) is 1. The first-order chi connectivity index (χ1) is 5.29. The molecule has 1 aromatic rings. The Labute approximate surface area is 64.5 Å². The number of rotatable bonds is 0. The first kappa shape index (κ1) is 6.80. The quantitative estimate of drug-likeness (QED) is 0.601. The van der Waals surface area contributed by atoms with Gasteiger partial charge in [-0.15, -0.1) is 0 Å². The van der Waals surface area contributed by atoms with Gasteiger partial charge in [-0.3, -0.25) is 0 Å². The molecule has 0 unspecified atom stereocenters. The van der Waals surface area contributed by atoms with E-state index in [0.29, 0.717) is 12.0 Å². The van der Waals surface area contributed by atoms with Crippen molar-refractivity contribution < 1.29 is 9.50 Å². The minimum absolute atomic E-state index is 0.271. The van der Waals surface area contributed by atoms with Gasteiger partial charge in [0.1, 0.15) is 5.82 Å². The van der Waals surface area contributed by atoms with Gasteiger partial charge in [0.15, 0.2) is 0 Å². The van der Waals surface area contributed by atoms with Crippen LogP contribution in [0.1, 0.15) is 23.7 Å². The van der Waals surface area contributed by atoms with Crippen LogP contribution in [0.2, 0.25) is 0 Å². The molecule has 11 heavy (non-hydrogen) atoms. The van der Waals surface area contributed by atoms with Crippen LogP contribution in [-0.2, 0) is 6.42 Å². The van der Waals surface area contributed by atoms with E-state index in [0.717, 1.165) is 12.0 Å². The Balaban J connectivity index is 2.58. The lowest BCUT2D eigenvalue weighted by Gasteiger charge is -2.03. The summed E-state index contributed by atoms with van der Waals surface area (Å²) in [7, 11) is 0. The molecule has 0 bridgehead atoms. The number of aliphatic hydroxyl groups excluding tert-OH is 1. The molecule has 0 fully saturated rings. The highest BCUT2D eigenvalue weighted by molar-refractivity contribution is 5.34. The second kappa shape index (κ2) is 2.31. The highest BCUT2D eigenvalue weighted by Gasteiger charge is 2.22. The van der Waals surface area contributed by atoms with Crippen LogP contribution in [0.4, 0.5) is 4.39 Å². The zero-order valence-electron chi connectivity index (χ0n) is 6.05. The number of halogens is 1. The summed E-state index contributed by atoms with van der Waals surface area (Å²) in [4.78, 5) is 0. The fourth-order valence-corrected chi connectivity index (χ4v) is 1.61. The van der Waals surface area contributed by atoms with E-state index in [9.17, 15) is 9.50 Å². The first-order valence-corrected chi connectivity index (χ1v) is 3.74. The highest BCUT2D eigenvalue weighted by atomic mass is 19.1. The molecule has 1 N–H and O–H groups in total. The standard InChI is InChI=1S/C9H9FO/c10-7-3-1-2-6-4-5-8(11)9(6)7/h1-3,8,11H,4-5H2/t8-/m0/s1. The van der Waals surface area contributed by atoms with Crippen LogP contribution in [0.15, 0.2) is 18.2 Å². The van der Waals surface area contributed by atoms with Crippen LogP contribution in [0.25, 0.3) is 0 Å². The number of fused-ring (bicyclic) bond motifs is 1. The molecule has 58 valence electrons. The maximum Gasteiger partial charge on any atom is 0.129 e. The predicted octanol–water partition coefficient (Wildman–Crippen LogP) is 1.81. The molecule has 0 spiro atoms. The van der Waals surface area contributed by atoms with E-state index in [-0.39, 0.29) is 5.82 Å². The van der Waals surface area contributed by atoms with Crippen molar-refractivity contribution in [3.05, 3.63) is 35.1 Å². The smallest absolute Gasteiger partial charge is 0.129 e. The molecule has 1 aliphatic rings. The number of aryl methyl sites for hydroxylation is 1. The van der Waals surface area contributed by atoms with Gasteiger partial charge in [-0.25, -0.2) is 4.39 Å². The Kier molecular flexibility index (Phi) is 1.43. The fourth-order valence-electron chi connectivity index (χ4n) is 1.61. The van der Waals surface area contributed by atoms with Gasteiger partial charge < -0.3 is 5.11 Å². The first-order valence-electron chi connectivity index (χ1n) is 3.74. The maximum atomic E-state index is 13.0. The summed E-state index contributed by atoms with van der Waals surface area (Å²) >= 11 is 0. The van der Waals surface area contributed by atoms with E-state index in [2.05, 4.69) is 0 Å². The third kappa shape index (κ3) is 0.942. The second-order valence-electron chi connectivity index (χ2n) is 2.87. The lowest BCUT2D eigenvalue weighted by Crippen LogP contribution is -1.94. The molecule has 0 saturated carbocycles. The highest BCUT2D eigenvalue weighted by Crippen LogP contribution is 2.32. The van der Waals surface area contributed by atoms with E-state index in [1.54, 1.807) is 6.07 Å². The maximum absolute atomic E-state index is 13.0. The molecule has 0 radical (unpaired) electrons. The SMILES string of the molecule is O[C@H]1CCc2cccc(F)c21. The van der Waals surface area contributed by atoms with Crippen molar-refractivity contribution in [2.75, 3.05) is 0 Å². The van der Waals surface area contributed by atoms with Gasteiger partial charge in [-0.05, 0) is 24.5 Å². The van der Waals surface area contributed by atoms with Crippen LogP contribution in [0, 0.1) is 5.82 Å². The third-order valence-corrected chi connectivity index (χ3v) is 2.16. The molecule has 0 heterocycles. The van der Waals surface area contributed by atoms with Crippen molar-refractivity contribution in [1.82, 2.24) is 0 Å². The molecule has 1 atom stereocenters. The fraction of sp³-hybridized carbons (Fsp3) is 0.333. The number of aliphatic hydroxyl groups is 1. The van der Waals surface area contributed by atoms with Crippen LogP contribution in [-0.4, -0.2) is 5.11 Å². The van der Waals surface area contributed by atoms with Gasteiger partial charge in [0.05, 0.1) is 6.10 Å². The van der Waals surface area contributed by atoms with Crippen molar-refractivity contribution in [3.63, 3.8) is 0 Å². The van der Waals surface area contributed by atoms with Gasteiger partial charge in [-0.2, -0.15) is 0 Å². The molecular weight excluding hydrogens is 143 g/mol. The van der Waals surface area contributed by atoms with Gasteiger partial charge in [0.25, 0.3) is 0 Å². The molecule has 0 aliphatic heterocycles. The molecule has 2 rings (SSSR count). The van der Waals surface area contributed by atoms with Crippen LogP contribution in [0.5, 0.6) is 0 Å². The van der Waals surface area contributed by atoms with Gasteiger partial charge in [0, 0.05) is 5.56 Å².